The van der Waals surface area contributed by atoms with E-state index in [2.05, 4.69) is 9.72 Å². The lowest BCUT2D eigenvalue weighted by molar-refractivity contribution is -0.390. The van der Waals surface area contributed by atoms with Crippen molar-refractivity contribution in [3.8, 4) is 5.75 Å². The Balaban J connectivity index is 3.38. The lowest BCUT2D eigenvalue weighted by Crippen LogP contribution is -2.19. The van der Waals surface area contributed by atoms with Gasteiger partial charge < -0.3 is 14.9 Å². The Morgan fingerprint density at radius 2 is 2.11 bits per heavy atom. The first-order chi connectivity index (χ1) is 8.11. The van der Waals surface area contributed by atoms with Crippen LogP contribution in [0, 0.1) is 17.0 Å². The molecule has 0 aromatic carbocycles. The molecule has 0 aliphatic rings. The van der Waals surface area contributed by atoms with Gasteiger partial charge in [-0.25, -0.2) is 0 Å². The summed E-state index contributed by atoms with van der Waals surface area (Å²) in [7, 11) is 0. The van der Waals surface area contributed by atoms with Crippen molar-refractivity contribution in [1.29, 1.82) is 0 Å². The first-order valence-electron chi connectivity index (χ1n) is 4.23. The van der Waals surface area contributed by atoms with Crippen LogP contribution in [0.1, 0.15) is 16.1 Å². The lowest BCUT2D eigenvalue weighted by Gasteiger charge is -2.09. The maximum absolute atomic E-state index is 12.0. The molecule has 0 bridgehead atoms. The van der Waals surface area contributed by atoms with Crippen molar-refractivity contribution in [1.82, 2.24) is 4.98 Å². The van der Waals surface area contributed by atoms with Crippen LogP contribution >= 0.6 is 11.6 Å². The molecular formula is C8H4ClF3N2O4. The van der Waals surface area contributed by atoms with Gasteiger partial charge in [-0.2, -0.15) is 0 Å². The summed E-state index contributed by atoms with van der Waals surface area (Å²) in [6.07, 6.45) is -5.06. The summed E-state index contributed by atoms with van der Waals surface area (Å²) in [5.74, 6) is -1.75. The van der Waals surface area contributed by atoms with Gasteiger partial charge in [0.25, 0.3) is 10.9 Å². The molecule has 0 N–H and O–H groups in total. The molecule has 1 aromatic heterocycles. The molecule has 0 spiro atoms. The largest absolute Gasteiger partial charge is 0.573 e. The van der Waals surface area contributed by atoms with Crippen LogP contribution in [-0.4, -0.2) is 21.5 Å². The molecule has 0 aliphatic heterocycles. The third-order valence-electron chi connectivity index (χ3n) is 1.74. The van der Waals surface area contributed by atoms with Crippen LogP contribution in [0.25, 0.3) is 0 Å². The molecule has 0 amide bonds. The van der Waals surface area contributed by atoms with Gasteiger partial charge in [0.05, 0.1) is 5.56 Å². The molecule has 0 unspecified atom stereocenters. The summed E-state index contributed by atoms with van der Waals surface area (Å²) in [5, 5.41) is 9.13. The maximum atomic E-state index is 12.0. The number of nitro groups is 1. The zero-order valence-electron chi connectivity index (χ0n) is 8.62. The fourth-order valence-corrected chi connectivity index (χ4v) is 1.24. The molecule has 1 aromatic rings. The van der Waals surface area contributed by atoms with E-state index in [1.807, 2.05) is 0 Å². The highest BCUT2D eigenvalue weighted by molar-refractivity contribution is 6.67. The molecule has 98 valence electrons. The third-order valence-corrected chi connectivity index (χ3v) is 1.92. The van der Waals surface area contributed by atoms with Crippen molar-refractivity contribution >= 4 is 22.7 Å². The van der Waals surface area contributed by atoms with Gasteiger partial charge in [0.15, 0.2) is 5.75 Å². The monoisotopic (exact) mass is 284 g/mol. The summed E-state index contributed by atoms with van der Waals surface area (Å²) in [5.41, 5.74) is -1.16. The van der Waals surface area contributed by atoms with Crippen LogP contribution in [0.5, 0.6) is 5.75 Å². The Morgan fingerprint density at radius 3 is 2.50 bits per heavy atom. The number of pyridine rings is 1. The summed E-state index contributed by atoms with van der Waals surface area (Å²) < 4.78 is 39.6. The first-order valence-corrected chi connectivity index (χ1v) is 4.61. The number of carbonyl (C=O) groups excluding carboxylic acids is 1. The van der Waals surface area contributed by atoms with Gasteiger partial charge in [-0.05, 0) is 34.5 Å². The van der Waals surface area contributed by atoms with E-state index < -0.39 is 33.8 Å². The SMILES string of the molecule is Cc1cc(OC(F)(F)F)c(C(=O)Cl)nc1[N+](=O)[O-]. The summed E-state index contributed by atoms with van der Waals surface area (Å²) in [4.78, 5) is 23.6. The topological polar surface area (TPSA) is 82.3 Å². The van der Waals surface area contributed by atoms with E-state index >= 15 is 0 Å². The van der Waals surface area contributed by atoms with Crippen LogP contribution in [0.2, 0.25) is 0 Å². The highest BCUT2D eigenvalue weighted by Gasteiger charge is 2.36. The molecule has 0 saturated carbocycles. The second-order valence-electron chi connectivity index (χ2n) is 3.05. The Labute approximate surface area is 102 Å². The zero-order chi connectivity index (χ0) is 14.1. The van der Waals surface area contributed by atoms with Crippen molar-refractivity contribution < 1.29 is 27.6 Å². The smallest absolute Gasteiger partial charge is 0.401 e. The molecule has 0 fully saturated rings. The molecule has 18 heavy (non-hydrogen) atoms. The van der Waals surface area contributed by atoms with Crippen molar-refractivity contribution in [3.05, 3.63) is 27.4 Å². The molecule has 0 atom stereocenters. The minimum absolute atomic E-state index is 0.194. The van der Waals surface area contributed by atoms with Crippen LogP contribution in [-0.2, 0) is 0 Å². The first kappa shape index (κ1) is 14.2. The van der Waals surface area contributed by atoms with Gasteiger partial charge in [-0.3, -0.25) is 4.79 Å². The van der Waals surface area contributed by atoms with Gasteiger partial charge in [0.2, 0.25) is 0 Å². The Kier molecular flexibility index (Phi) is 3.75. The van der Waals surface area contributed by atoms with E-state index in [1.54, 1.807) is 0 Å². The average Bonchev–Trinajstić information content (AvgIpc) is 2.13. The molecule has 10 heteroatoms. The summed E-state index contributed by atoms with van der Waals surface area (Å²) >= 11 is 4.99. The predicted octanol–water partition coefficient (Wildman–Crippen LogP) is 2.58. The minimum Gasteiger partial charge on any atom is -0.401 e. The van der Waals surface area contributed by atoms with Crippen molar-refractivity contribution in [2.75, 3.05) is 0 Å². The van der Waals surface area contributed by atoms with E-state index in [-0.39, 0.29) is 5.56 Å². The van der Waals surface area contributed by atoms with Gasteiger partial charge in [-0.1, -0.05) is 0 Å². The molecule has 1 rings (SSSR count). The fourth-order valence-electron chi connectivity index (χ4n) is 1.11. The van der Waals surface area contributed by atoms with Crippen LogP contribution in [0.15, 0.2) is 6.07 Å². The molecule has 0 saturated heterocycles. The third kappa shape index (κ3) is 3.29. The van der Waals surface area contributed by atoms with Gasteiger partial charge in [-0.15, -0.1) is 13.2 Å². The number of ether oxygens (including phenoxy) is 1. The van der Waals surface area contributed by atoms with Crippen LogP contribution in [0.3, 0.4) is 0 Å². The molecule has 0 radical (unpaired) electrons. The van der Waals surface area contributed by atoms with Gasteiger partial charge >= 0.3 is 12.2 Å². The van der Waals surface area contributed by atoms with Crippen LogP contribution < -0.4 is 4.74 Å². The van der Waals surface area contributed by atoms with E-state index in [0.717, 1.165) is 6.92 Å². The Bertz CT molecular complexity index is 518. The van der Waals surface area contributed by atoms with Gasteiger partial charge in [0, 0.05) is 0 Å². The standard InChI is InChI=1S/C8H4ClF3N2O4/c1-3-2-4(18-8(10,11)12)5(6(9)15)13-7(3)14(16)17/h2H,1H3. The quantitative estimate of drug-likeness (QED) is 0.484. The second-order valence-corrected chi connectivity index (χ2v) is 3.40. The normalized spacial score (nSPS) is 11.2. The van der Waals surface area contributed by atoms with E-state index in [1.165, 1.54) is 0 Å². The second kappa shape index (κ2) is 4.77. The van der Waals surface area contributed by atoms with Crippen LogP contribution in [0.4, 0.5) is 19.0 Å². The van der Waals surface area contributed by atoms with E-state index in [9.17, 15) is 28.1 Å². The number of hydrogen-bond acceptors (Lipinski definition) is 5. The molecule has 0 aliphatic carbocycles. The van der Waals surface area contributed by atoms with E-state index in [4.69, 9.17) is 11.6 Å². The predicted molar refractivity (Wildman–Crippen MR) is 52.5 cm³/mol. The van der Waals surface area contributed by atoms with Gasteiger partial charge in [0.1, 0.15) is 0 Å². The van der Waals surface area contributed by atoms with Crippen molar-refractivity contribution in [2.24, 2.45) is 0 Å². The number of hydrogen-bond donors (Lipinski definition) is 0. The Hall–Kier alpha value is -1.90. The number of aromatic nitrogens is 1. The number of aryl methyl sites for hydroxylation is 1. The summed E-state index contributed by atoms with van der Waals surface area (Å²) in [6, 6.07) is 0.675. The highest BCUT2D eigenvalue weighted by Crippen LogP contribution is 2.30. The molecular weight excluding hydrogens is 281 g/mol. The van der Waals surface area contributed by atoms with Crippen molar-refractivity contribution in [3.63, 3.8) is 0 Å². The molecule has 1 heterocycles. The lowest BCUT2D eigenvalue weighted by atomic mass is 10.2. The molecule has 6 nitrogen and oxygen atoms in total. The number of rotatable bonds is 3. The summed E-state index contributed by atoms with van der Waals surface area (Å²) in [6.45, 7) is 1.15. The Morgan fingerprint density at radius 1 is 1.56 bits per heavy atom. The van der Waals surface area contributed by atoms with E-state index in [0.29, 0.717) is 6.07 Å². The zero-order valence-corrected chi connectivity index (χ0v) is 9.37. The minimum atomic E-state index is -5.06. The fraction of sp³-hybridized carbons (Fsp3) is 0.250. The number of nitrogens with zero attached hydrogens (tertiary/aromatic N) is 2. The number of halogens is 4. The average molecular weight is 285 g/mol. The number of carbonyl (C=O) groups is 1. The highest BCUT2D eigenvalue weighted by atomic mass is 35.5. The maximum Gasteiger partial charge on any atom is 0.573 e. The van der Waals surface area contributed by atoms with Crippen molar-refractivity contribution in [2.45, 2.75) is 13.3 Å². The number of alkyl halides is 3.